The Morgan fingerprint density at radius 1 is 1.11 bits per heavy atom. The zero-order chi connectivity index (χ0) is 13.2. The average molecular weight is 255 g/mol. The summed E-state index contributed by atoms with van der Waals surface area (Å²) in [7, 11) is 2.32. The molecule has 0 aromatic heterocycles. The van der Waals surface area contributed by atoms with Gasteiger partial charge in [-0.25, -0.2) is 0 Å². The van der Waals surface area contributed by atoms with Gasteiger partial charge < -0.3 is 15.1 Å². The smallest absolute Gasteiger partial charge is 0.0117 e. The van der Waals surface area contributed by atoms with Gasteiger partial charge >= 0.3 is 0 Å². The first kappa shape index (κ1) is 15.9. The molecule has 0 aromatic carbocycles. The number of piperidine rings is 1. The topological polar surface area (TPSA) is 18.5 Å². The maximum Gasteiger partial charge on any atom is 0.0117 e. The molecule has 1 heterocycles. The summed E-state index contributed by atoms with van der Waals surface area (Å²) in [5.74, 6) is 0. The van der Waals surface area contributed by atoms with Crippen LogP contribution in [0.25, 0.3) is 0 Å². The zero-order valence-electron chi connectivity index (χ0n) is 12.7. The third-order valence-electron chi connectivity index (χ3n) is 4.24. The van der Waals surface area contributed by atoms with Crippen LogP contribution in [0.5, 0.6) is 0 Å². The molecule has 0 aliphatic carbocycles. The number of rotatable bonds is 9. The number of hydrogen-bond donors (Lipinski definition) is 1. The Balaban J connectivity index is 2.01. The van der Waals surface area contributed by atoms with E-state index >= 15 is 0 Å². The van der Waals surface area contributed by atoms with Gasteiger partial charge in [0.2, 0.25) is 0 Å². The molecule has 18 heavy (non-hydrogen) atoms. The van der Waals surface area contributed by atoms with Crippen molar-refractivity contribution in [3.63, 3.8) is 0 Å². The van der Waals surface area contributed by atoms with Crippen molar-refractivity contribution in [2.24, 2.45) is 0 Å². The van der Waals surface area contributed by atoms with Crippen LogP contribution in [0.4, 0.5) is 0 Å². The minimum absolute atomic E-state index is 0.835. The standard InChI is InChI=1S/C15H33N3/c1-4-16-11-7-6-8-12-17(3)15-9-13-18(5-2)14-10-15/h15-16H,4-14H2,1-3H3. The van der Waals surface area contributed by atoms with E-state index in [1.165, 1.54) is 64.8 Å². The largest absolute Gasteiger partial charge is 0.317 e. The van der Waals surface area contributed by atoms with E-state index in [4.69, 9.17) is 0 Å². The molecule has 0 unspecified atom stereocenters. The maximum absolute atomic E-state index is 3.39. The lowest BCUT2D eigenvalue weighted by Crippen LogP contribution is -2.43. The molecule has 0 atom stereocenters. The molecule has 1 fully saturated rings. The predicted octanol–water partition coefficient (Wildman–Crippen LogP) is 2.18. The quantitative estimate of drug-likeness (QED) is 0.637. The molecule has 0 aromatic rings. The molecule has 1 aliphatic heterocycles. The minimum Gasteiger partial charge on any atom is -0.317 e. The van der Waals surface area contributed by atoms with E-state index in [0.29, 0.717) is 0 Å². The Kier molecular flexibility index (Phi) is 8.64. The van der Waals surface area contributed by atoms with E-state index in [1.54, 1.807) is 0 Å². The van der Waals surface area contributed by atoms with Crippen LogP contribution in [-0.2, 0) is 0 Å². The lowest BCUT2D eigenvalue weighted by molar-refractivity contribution is 0.130. The Morgan fingerprint density at radius 2 is 1.83 bits per heavy atom. The molecule has 0 bridgehead atoms. The monoisotopic (exact) mass is 255 g/mol. The van der Waals surface area contributed by atoms with Crippen LogP contribution < -0.4 is 5.32 Å². The van der Waals surface area contributed by atoms with Crippen molar-refractivity contribution in [1.82, 2.24) is 15.1 Å². The van der Waals surface area contributed by atoms with Gasteiger partial charge in [-0.15, -0.1) is 0 Å². The van der Waals surface area contributed by atoms with Crippen molar-refractivity contribution in [3.05, 3.63) is 0 Å². The number of unbranched alkanes of at least 4 members (excludes halogenated alkanes) is 2. The Labute approximate surface area is 114 Å². The summed E-state index contributed by atoms with van der Waals surface area (Å²) in [5.41, 5.74) is 0. The van der Waals surface area contributed by atoms with E-state index < -0.39 is 0 Å². The number of nitrogens with zero attached hydrogens (tertiary/aromatic N) is 2. The van der Waals surface area contributed by atoms with Gasteiger partial charge in [-0.05, 0) is 72.0 Å². The highest BCUT2D eigenvalue weighted by molar-refractivity contribution is 4.77. The molecule has 1 N–H and O–H groups in total. The predicted molar refractivity (Wildman–Crippen MR) is 80.2 cm³/mol. The molecule has 1 saturated heterocycles. The fourth-order valence-electron chi connectivity index (χ4n) is 2.82. The molecule has 1 rings (SSSR count). The Hall–Kier alpha value is -0.120. The summed E-state index contributed by atoms with van der Waals surface area (Å²) in [5, 5.41) is 3.39. The molecule has 3 nitrogen and oxygen atoms in total. The summed E-state index contributed by atoms with van der Waals surface area (Å²) in [6, 6.07) is 0.835. The molecular weight excluding hydrogens is 222 g/mol. The number of nitrogens with one attached hydrogen (secondary N) is 1. The number of hydrogen-bond acceptors (Lipinski definition) is 3. The van der Waals surface area contributed by atoms with Crippen LogP contribution in [0.3, 0.4) is 0 Å². The molecular formula is C15H33N3. The van der Waals surface area contributed by atoms with Crippen molar-refractivity contribution in [1.29, 1.82) is 0 Å². The normalized spacial score (nSPS) is 18.7. The van der Waals surface area contributed by atoms with Crippen LogP contribution in [0.1, 0.15) is 46.0 Å². The fourth-order valence-corrected chi connectivity index (χ4v) is 2.82. The van der Waals surface area contributed by atoms with Gasteiger partial charge in [0, 0.05) is 6.04 Å². The maximum atomic E-state index is 3.39. The molecule has 0 saturated carbocycles. The second kappa shape index (κ2) is 9.76. The van der Waals surface area contributed by atoms with E-state index in [2.05, 4.69) is 36.0 Å². The molecule has 108 valence electrons. The fraction of sp³-hybridized carbons (Fsp3) is 1.00. The van der Waals surface area contributed by atoms with Crippen LogP contribution in [0.15, 0.2) is 0 Å². The lowest BCUT2D eigenvalue weighted by atomic mass is 10.0. The Morgan fingerprint density at radius 3 is 2.44 bits per heavy atom. The highest BCUT2D eigenvalue weighted by atomic mass is 15.2. The molecule has 3 heteroatoms. The highest BCUT2D eigenvalue weighted by Gasteiger charge is 2.20. The first-order valence-electron chi connectivity index (χ1n) is 7.91. The van der Waals surface area contributed by atoms with Crippen molar-refractivity contribution >= 4 is 0 Å². The third-order valence-corrected chi connectivity index (χ3v) is 4.24. The van der Waals surface area contributed by atoms with Gasteiger partial charge in [0.15, 0.2) is 0 Å². The van der Waals surface area contributed by atoms with Crippen molar-refractivity contribution in [2.45, 2.75) is 52.0 Å². The van der Waals surface area contributed by atoms with Crippen molar-refractivity contribution in [2.75, 3.05) is 46.3 Å². The third kappa shape index (κ3) is 6.17. The zero-order valence-corrected chi connectivity index (χ0v) is 12.7. The van der Waals surface area contributed by atoms with Gasteiger partial charge in [-0.2, -0.15) is 0 Å². The molecule has 0 spiro atoms. The Bertz CT molecular complexity index is 188. The van der Waals surface area contributed by atoms with E-state index in [0.717, 1.165) is 12.6 Å². The van der Waals surface area contributed by atoms with E-state index in [1.807, 2.05) is 0 Å². The average Bonchev–Trinajstić information content (AvgIpc) is 2.42. The van der Waals surface area contributed by atoms with E-state index in [9.17, 15) is 0 Å². The van der Waals surface area contributed by atoms with Gasteiger partial charge in [0.05, 0.1) is 0 Å². The minimum atomic E-state index is 0.835. The van der Waals surface area contributed by atoms with Crippen LogP contribution in [0.2, 0.25) is 0 Å². The van der Waals surface area contributed by atoms with Crippen molar-refractivity contribution < 1.29 is 0 Å². The van der Waals surface area contributed by atoms with E-state index in [-0.39, 0.29) is 0 Å². The summed E-state index contributed by atoms with van der Waals surface area (Å²) in [6.45, 7) is 11.8. The summed E-state index contributed by atoms with van der Waals surface area (Å²) < 4.78 is 0. The lowest BCUT2D eigenvalue weighted by Gasteiger charge is -2.36. The van der Waals surface area contributed by atoms with Gasteiger partial charge in [0.1, 0.15) is 0 Å². The summed E-state index contributed by atoms with van der Waals surface area (Å²) in [4.78, 5) is 5.17. The SMILES string of the molecule is CCNCCCCCN(C)C1CCN(CC)CC1. The summed E-state index contributed by atoms with van der Waals surface area (Å²) in [6.07, 6.45) is 6.78. The molecule has 1 aliphatic rings. The molecule has 0 amide bonds. The van der Waals surface area contributed by atoms with Crippen LogP contribution >= 0.6 is 0 Å². The second-order valence-corrected chi connectivity index (χ2v) is 5.56. The van der Waals surface area contributed by atoms with Gasteiger partial charge in [0.25, 0.3) is 0 Å². The first-order chi connectivity index (χ1) is 8.77. The summed E-state index contributed by atoms with van der Waals surface area (Å²) >= 11 is 0. The molecule has 0 radical (unpaired) electrons. The number of likely N-dealkylation sites (tertiary alicyclic amines) is 1. The van der Waals surface area contributed by atoms with Crippen LogP contribution in [-0.4, -0.2) is 62.2 Å². The first-order valence-corrected chi connectivity index (χ1v) is 7.91. The van der Waals surface area contributed by atoms with Crippen molar-refractivity contribution in [3.8, 4) is 0 Å². The van der Waals surface area contributed by atoms with Crippen LogP contribution in [0, 0.1) is 0 Å². The second-order valence-electron chi connectivity index (χ2n) is 5.56. The van der Waals surface area contributed by atoms with Gasteiger partial charge in [-0.3, -0.25) is 0 Å². The highest BCUT2D eigenvalue weighted by Crippen LogP contribution is 2.15. The van der Waals surface area contributed by atoms with Gasteiger partial charge in [-0.1, -0.05) is 20.3 Å².